The van der Waals surface area contributed by atoms with Crippen LogP contribution in [0, 0.1) is 23.7 Å². The normalized spacial score (nSPS) is 44.8. The number of ketones is 1. The molecule has 1 N–H and O–H groups in total. The Labute approximate surface area is 412 Å². The van der Waals surface area contributed by atoms with E-state index in [0.717, 1.165) is 17.6 Å². The molecule has 7 rings (SSSR count). The lowest BCUT2D eigenvalue weighted by Gasteiger charge is -2.49. The molecule has 6 heterocycles. The van der Waals surface area contributed by atoms with Gasteiger partial charge in [-0.1, -0.05) is 91.3 Å². The number of Topliss-reactive ketones (excluding diaryl/α,β-unsaturated/α-hetero) is 1. The molecule has 14 nitrogen and oxygen atoms in total. The molecule has 0 aromatic carbocycles. The molecule has 0 amide bonds. The largest absolute Gasteiger partial charge is 0.462 e. The number of carbonyl (C=O) groups excluding carboxylic acids is 2. The highest BCUT2D eigenvalue weighted by molar-refractivity contribution is 6.74. The number of hydrogen-bond acceptors (Lipinski definition) is 14. The van der Waals surface area contributed by atoms with Crippen molar-refractivity contribution in [2.45, 2.75) is 224 Å². The average molecular weight is 985 g/mol. The number of allylic oxidation sites excluding steroid dienone is 2. The second-order valence-electron chi connectivity index (χ2n) is 22.6. The SMILES string of the molecule is CC[C@H](C)[C@H]1O[C@]2(C=C[C@@H]1C)C[C@@H]1C[C@@H](C/C=C(\C)[C@@H](O[C@H]3C[C@H](OC)[C@@H](O[C@H]4C[C@H](OC)C(=O)[C@H](C)O4)[C@H](C)O3)[C@@H](C)/C=C/C=C3\CO[C@@H]4[C@H](O[Si](C)(C)C(C)(C)C)C(C)=C[C@@H](C(=O)O1)[C@]34O)O2. The molecule has 15 heteroatoms. The number of ether oxygens (including phenoxy) is 10. The molecule has 0 aromatic heterocycles. The van der Waals surface area contributed by atoms with Crippen molar-refractivity contribution in [3.05, 3.63) is 59.3 Å². The maximum absolute atomic E-state index is 14.8. The summed E-state index contributed by atoms with van der Waals surface area (Å²) in [5.74, 6) is -2.54. The van der Waals surface area contributed by atoms with Crippen LogP contribution in [0.25, 0.3) is 0 Å². The first-order valence-corrected chi connectivity index (χ1v) is 28.6. The predicted octanol–water partition coefficient (Wildman–Crippen LogP) is 8.62. The van der Waals surface area contributed by atoms with Gasteiger partial charge in [-0.25, -0.2) is 0 Å². The highest BCUT2D eigenvalue weighted by Crippen LogP contribution is 2.50. The van der Waals surface area contributed by atoms with Crippen molar-refractivity contribution in [1.82, 2.24) is 0 Å². The number of esters is 1. The van der Waals surface area contributed by atoms with Crippen LogP contribution in [0.5, 0.6) is 0 Å². The van der Waals surface area contributed by atoms with Crippen LogP contribution in [0.15, 0.2) is 59.3 Å². The van der Waals surface area contributed by atoms with Crippen LogP contribution in [-0.2, 0) is 61.4 Å². The van der Waals surface area contributed by atoms with Crippen molar-refractivity contribution in [2.75, 3.05) is 20.8 Å². The van der Waals surface area contributed by atoms with E-state index in [1.165, 1.54) is 7.11 Å². The van der Waals surface area contributed by atoms with Crippen molar-refractivity contribution >= 4 is 20.1 Å². The molecule has 1 spiro atoms. The van der Waals surface area contributed by atoms with Crippen LogP contribution in [-0.4, -0.2) is 137 Å². The summed E-state index contributed by atoms with van der Waals surface area (Å²) in [4.78, 5) is 27.4. The van der Waals surface area contributed by atoms with Crippen molar-refractivity contribution in [3.8, 4) is 0 Å². The summed E-state index contributed by atoms with van der Waals surface area (Å²) in [7, 11) is 0.793. The third-order valence-corrected chi connectivity index (χ3v) is 21.0. The monoisotopic (exact) mass is 985 g/mol. The minimum atomic E-state index is -2.38. The third kappa shape index (κ3) is 11.4. The van der Waals surface area contributed by atoms with Crippen molar-refractivity contribution in [2.24, 2.45) is 23.7 Å². The van der Waals surface area contributed by atoms with E-state index in [9.17, 15) is 14.7 Å². The molecule has 7 aliphatic rings. The molecule has 2 bridgehead atoms. The Kier molecular flexibility index (Phi) is 17.0. The lowest BCUT2D eigenvalue weighted by Crippen LogP contribution is -2.60. The minimum Gasteiger partial charge on any atom is -0.462 e. The van der Waals surface area contributed by atoms with Crippen molar-refractivity contribution < 1.29 is 66.5 Å². The molecule has 0 aromatic rings. The van der Waals surface area contributed by atoms with Gasteiger partial charge in [-0.2, -0.15) is 0 Å². The Morgan fingerprint density at radius 3 is 2.30 bits per heavy atom. The zero-order valence-electron chi connectivity index (χ0n) is 44.1. The van der Waals surface area contributed by atoms with Gasteiger partial charge in [0, 0.05) is 51.7 Å². The molecule has 0 radical (unpaired) electrons. The van der Waals surface area contributed by atoms with Gasteiger partial charge in [0.25, 0.3) is 0 Å². The molecular weight excluding hydrogens is 901 g/mol. The molecule has 0 saturated carbocycles. The van der Waals surface area contributed by atoms with Crippen molar-refractivity contribution in [1.29, 1.82) is 0 Å². The summed E-state index contributed by atoms with van der Waals surface area (Å²) in [6, 6.07) is 0. The topological polar surface area (TPSA) is 156 Å². The van der Waals surface area contributed by atoms with Gasteiger partial charge < -0.3 is 56.9 Å². The summed E-state index contributed by atoms with van der Waals surface area (Å²) >= 11 is 0. The molecule has 4 saturated heterocycles. The molecule has 19 atom stereocenters. The first-order valence-electron chi connectivity index (χ1n) is 25.6. The maximum Gasteiger partial charge on any atom is 0.316 e. The lowest BCUT2D eigenvalue weighted by molar-refractivity contribution is -0.305. The molecular formula is C54H84O14Si. The smallest absolute Gasteiger partial charge is 0.316 e. The summed E-state index contributed by atoms with van der Waals surface area (Å²) in [5, 5.41) is 13.1. The van der Waals surface area contributed by atoms with Crippen LogP contribution in [0.3, 0.4) is 0 Å². The number of methoxy groups -OCH3 is 2. The van der Waals surface area contributed by atoms with E-state index in [0.29, 0.717) is 31.3 Å². The summed E-state index contributed by atoms with van der Waals surface area (Å²) < 4.78 is 71.6. The molecule has 69 heavy (non-hydrogen) atoms. The average Bonchev–Trinajstić information content (AvgIpc) is 3.63. The number of fused-ring (bicyclic) bond motifs is 2. The fourth-order valence-corrected chi connectivity index (χ4v) is 12.4. The highest BCUT2D eigenvalue weighted by atomic mass is 28.4. The Hall–Kier alpha value is -2.38. The number of rotatable bonds is 10. The number of carbonyl (C=O) groups is 2. The number of hydrogen-bond donors (Lipinski definition) is 1. The van der Waals surface area contributed by atoms with E-state index in [1.54, 1.807) is 14.0 Å². The summed E-state index contributed by atoms with van der Waals surface area (Å²) in [6.07, 6.45) is 10.0. The van der Waals surface area contributed by atoms with E-state index >= 15 is 0 Å². The van der Waals surface area contributed by atoms with Gasteiger partial charge in [0.1, 0.15) is 42.0 Å². The van der Waals surface area contributed by atoms with Gasteiger partial charge in [-0.3, -0.25) is 9.59 Å². The van der Waals surface area contributed by atoms with E-state index in [4.69, 9.17) is 51.8 Å². The summed E-state index contributed by atoms with van der Waals surface area (Å²) in [5.41, 5.74) is 0.632. The third-order valence-electron chi connectivity index (χ3n) is 16.5. The first-order chi connectivity index (χ1) is 32.4. The zero-order valence-corrected chi connectivity index (χ0v) is 45.1. The Bertz CT molecular complexity index is 1990. The van der Waals surface area contributed by atoms with E-state index in [1.807, 2.05) is 38.2 Å². The minimum absolute atomic E-state index is 0.0914. The predicted molar refractivity (Wildman–Crippen MR) is 262 cm³/mol. The first kappa shape index (κ1) is 54.4. The second kappa shape index (κ2) is 21.6. The van der Waals surface area contributed by atoms with E-state index in [2.05, 4.69) is 86.7 Å². The second-order valence-corrected chi connectivity index (χ2v) is 27.4. The van der Waals surface area contributed by atoms with Gasteiger partial charge in [0.2, 0.25) is 0 Å². The molecule has 388 valence electrons. The van der Waals surface area contributed by atoms with Gasteiger partial charge in [-0.05, 0) is 81.0 Å². The molecule has 6 aliphatic heterocycles. The fraction of sp³-hybridized carbons (Fsp3) is 0.778. The van der Waals surface area contributed by atoms with Gasteiger partial charge in [0.15, 0.2) is 32.5 Å². The Morgan fingerprint density at radius 2 is 1.62 bits per heavy atom. The Morgan fingerprint density at radius 1 is 0.899 bits per heavy atom. The van der Waals surface area contributed by atoms with Crippen LogP contribution in [0.4, 0.5) is 0 Å². The molecule has 0 unspecified atom stereocenters. The van der Waals surface area contributed by atoms with Gasteiger partial charge in [0.05, 0.1) is 43.2 Å². The van der Waals surface area contributed by atoms with Crippen LogP contribution < -0.4 is 0 Å². The van der Waals surface area contributed by atoms with Gasteiger partial charge >= 0.3 is 5.97 Å². The van der Waals surface area contributed by atoms with E-state index in [-0.39, 0.29) is 53.8 Å². The standard InChI is InChI=1S/C54H84O14Si/c1-16-30(2)47-33(5)22-23-53(67-47)28-39-25-38(66-53)21-20-32(4)46(64-44-27-42(59-13)49(36(8)62-44)65-43-26-41(58-12)45(55)35(7)61-43)31(3)18-17-19-37-29-60-50-48(68-69(14,15)52(9,10)11)34(6)24-40(51(56)63-39)54(37,50)57/h17-20,22-24,30-31,33,35-36,38-44,46-50,57H,16,21,25-29H2,1-15H3/b18-17+,32-20+,37-19+/t30-,31-,33-,35-,36-,38+,39-,40-,41-,42-,43-,44-,46-,47+,48+,49-,50+,53+,54+/m0/s1. The molecule has 1 aliphatic carbocycles. The highest BCUT2D eigenvalue weighted by Gasteiger charge is 2.62. The van der Waals surface area contributed by atoms with Crippen LogP contribution in [0.2, 0.25) is 18.1 Å². The summed E-state index contributed by atoms with van der Waals surface area (Å²) in [6.45, 7) is 27.4. The zero-order chi connectivity index (χ0) is 50.4. The Balaban J connectivity index is 1.22. The molecule has 4 fully saturated rings. The van der Waals surface area contributed by atoms with Crippen LogP contribution in [0.1, 0.15) is 115 Å². The van der Waals surface area contributed by atoms with E-state index < -0.39 is 99.1 Å². The van der Waals surface area contributed by atoms with Crippen LogP contribution >= 0.6 is 0 Å². The maximum atomic E-state index is 14.8. The number of aliphatic hydroxyl groups is 1. The lowest BCUT2D eigenvalue weighted by atomic mass is 9.71. The fourth-order valence-electron chi connectivity index (χ4n) is 11.1. The quantitative estimate of drug-likeness (QED) is 0.126. The van der Waals surface area contributed by atoms with Gasteiger partial charge in [-0.15, -0.1) is 0 Å². The van der Waals surface area contributed by atoms with Crippen molar-refractivity contribution in [3.63, 3.8) is 0 Å².